The lowest BCUT2D eigenvalue weighted by atomic mass is 10.1. The van der Waals surface area contributed by atoms with E-state index >= 15 is 0 Å². The van der Waals surface area contributed by atoms with Gasteiger partial charge in [0.1, 0.15) is 8.24 Å². The fraction of sp³-hybridized carbons (Fsp3) is 1.00. The van der Waals surface area contributed by atoms with E-state index in [2.05, 4.69) is 38.7 Å². The molecule has 0 atom stereocenters. The molecule has 2 heteroatoms. The van der Waals surface area contributed by atoms with Gasteiger partial charge in [-0.2, -0.15) is 0 Å². The average molecular weight is 229 g/mol. The first-order valence-corrected chi connectivity index (χ1v) is 9.83. The van der Waals surface area contributed by atoms with E-state index in [1.807, 2.05) is 0 Å². The lowest BCUT2D eigenvalue weighted by Gasteiger charge is -2.30. The van der Waals surface area contributed by atoms with Crippen molar-refractivity contribution in [1.82, 2.24) is 4.57 Å². The topological polar surface area (TPSA) is 3.24 Å². The first-order valence-electron chi connectivity index (χ1n) is 6.68. The van der Waals surface area contributed by atoms with Gasteiger partial charge in [0, 0.05) is 0 Å². The SMILES string of the molecule is CCCCCCCCC[Si](C)(C)N(C)C. The van der Waals surface area contributed by atoms with Crippen molar-refractivity contribution in [1.29, 1.82) is 0 Å². The maximum Gasteiger partial charge on any atom is 0.121 e. The quantitative estimate of drug-likeness (QED) is 0.415. The van der Waals surface area contributed by atoms with Gasteiger partial charge in [-0.05, 0) is 20.1 Å². The van der Waals surface area contributed by atoms with Crippen molar-refractivity contribution < 1.29 is 0 Å². The molecule has 0 saturated carbocycles. The Morgan fingerprint density at radius 2 is 1.27 bits per heavy atom. The minimum absolute atomic E-state index is 1.02. The van der Waals surface area contributed by atoms with E-state index < -0.39 is 8.24 Å². The molecule has 0 aliphatic carbocycles. The van der Waals surface area contributed by atoms with Crippen LogP contribution in [0.2, 0.25) is 19.1 Å². The molecule has 0 amide bonds. The smallest absolute Gasteiger partial charge is 0.121 e. The molecular weight excluding hydrogens is 198 g/mol. The van der Waals surface area contributed by atoms with Crippen LogP contribution < -0.4 is 0 Å². The minimum atomic E-state index is -1.02. The molecule has 1 nitrogen and oxygen atoms in total. The first-order chi connectivity index (χ1) is 7.00. The molecule has 0 N–H and O–H groups in total. The second kappa shape index (κ2) is 8.34. The molecule has 0 fully saturated rings. The summed E-state index contributed by atoms with van der Waals surface area (Å²) in [5.41, 5.74) is 0. The first kappa shape index (κ1) is 15.2. The van der Waals surface area contributed by atoms with Crippen molar-refractivity contribution in [3.63, 3.8) is 0 Å². The summed E-state index contributed by atoms with van der Waals surface area (Å²) in [7, 11) is 3.46. The Balaban J connectivity index is 3.31. The molecule has 0 aliphatic heterocycles. The van der Waals surface area contributed by atoms with Crippen LogP contribution in [-0.2, 0) is 0 Å². The Bertz CT molecular complexity index is 143. The molecule has 0 aromatic carbocycles. The fourth-order valence-electron chi connectivity index (χ4n) is 1.74. The molecule has 15 heavy (non-hydrogen) atoms. The summed E-state index contributed by atoms with van der Waals surface area (Å²) < 4.78 is 2.48. The van der Waals surface area contributed by atoms with Crippen LogP contribution in [0.3, 0.4) is 0 Å². The summed E-state index contributed by atoms with van der Waals surface area (Å²) in [5, 5.41) is 0. The van der Waals surface area contributed by atoms with Gasteiger partial charge in [-0.3, -0.25) is 0 Å². The molecule has 0 unspecified atom stereocenters. The van der Waals surface area contributed by atoms with Gasteiger partial charge in [0.2, 0.25) is 0 Å². The van der Waals surface area contributed by atoms with E-state index in [0.29, 0.717) is 0 Å². The normalized spacial score (nSPS) is 12.4. The predicted molar refractivity (Wildman–Crippen MR) is 74.0 cm³/mol. The zero-order chi connectivity index (χ0) is 11.7. The molecule has 0 aromatic heterocycles. The zero-order valence-electron chi connectivity index (χ0n) is 11.6. The molecule has 0 heterocycles. The van der Waals surface area contributed by atoms with Gasteiger partial charge in [0.15, 0.2) is 0 Å². The lowest BCUT2D eigenvalue weighted by Crippen LogP contribution is -2.43. The van der Waals surface area contributed by atoms with Crippen molar-refractivity contribution >= 4 is 8.24 Å². The number of nitrogens with zero attached hydrogens (tertiary/aromatic N) is 1. The molecule has 0 aromatic rings. The summed E-state index contributed by atoms with van der Waals surface area (Å²) in [6.45, 7) is 7.24. The zero-order valence-corrected chi connectivity index (χ0v) is 12.6. The second-order valence-corrected chi connectivity index (χ2v) is 10.6. The van der Waals surface area contributed by atoms with Gasteiger partial charge in [-0.15, -0.1) is 0 Å². The monoisotopic (exact) mass is 229 g/mol. The number of unbranched alkanes of at least 4 members (excludes halogenated alkanes) is 6. The van der Waals surface area contributed by atoms with Crippen molar-refractivity contribution in [3.05, 3.63) is 0 Å². The van der Waals surface area contributed by atoms with Crippen molar-refractivity contribution in [3.8, 4) is 0 Å². The molecule has 0 spiro atoms. The minimum Gasteiger partial charge on any atom is -0.329 e. The molecule has 0 rings (SSSR count). The van der Waals surface area contributed by atoms with Gasteiger partial charge >= 0.3 is 0 Å². The van der Waals surface area contributed by atoms with E-state index in [9.17, 15) is 0 Å². The predicted octanol–water partition coefficient (Wildman–Crippen LogP) is 4.50. The molecule has 0 bridgehead atoms. The summed E-state index contributed by atoms with van der Waals surface area (Å²) in [5.74, 6) is 0. The summed E-state index contributed by atoms with van der Waals surface area (Å²) in [6.07, 6.45) is 10.1. The summed E-state index contributed by atoms with van der Waals surface area (Å²) >= 11 is 0. The number of hydrogen-bond donors (Lipinski definition) is 0. The van der Waals surface area contributed by atoms with Crippen LogP contribution in [0.1, 0.15) is 51.9 Å². The average Bonchev–Trinajstić information content (AvgIpc) is 2.16. The Morgan fingerprint density at radius 3 is 1.73 bits per heavy atom. The second-order valence-electron chi connectivity index (χ2n) is 5.58. The van der Waals surface area contributed by atoms with Crippen LogP contribution in [-0.4, -0.2) is 26.9 Å². The van der Waals surface area contributed by atoms with E-state index in [1.54, 1.807) is 0 Å². The maximum atomic E-state index is 2.48. The largest absolute Gasteiger partial charge is 0.329 e. The van der Waals surface area contributed by atoms with E-state index in [4.69, 9.17) is 0 Å². The van der Waals surface area contributed by atoms with Gasteiger partial charge < -0.3 is 4.57 Å². The van der Waals surface area contributed by atoms with Crippen molar-refractivity contribution in [2.24, 2.45) is 0 Å². The Hall–Kier alpha value is 0.177. The van der Waals surface area contributed by atoms with E-state index in [0.717, 1.165) is 0 Å². The van der Waals surface area contributed by atoms with Crippen LogP contribution in [0.25, 0.3) is 0 Å². The van der Waals surface area contributed by atoms with Crippen LogP contribution in [0, 0.1) is 0 Å². The molecule has 0 aliphatic rings. The standard InChI is InChI=1S/C13H31NSi/c1-6-7-8-9-10-11-12-13-15(4,5)14(2)3/h6-13H2,1-5H3. The Labute approximate surface area is 98.3 Å². The molecular formula is C13H31NSi. The fourth-order valence-corrected chi connectivity index (χ4v) is 3.30. The molecule has 0 radical (unpaired) electrons. The third kappa shape index (κ3) is 8.03. The molecule has 0 saturated heterocycles. The van der Waals surface area contributed by atoms with Crippen LogP contribution in [0.5, 0.6) is 0 Å². The maximum absolute atomic E-state index is 2.48. The number of hydrogen-bond acceptors (Lipinski definition) is 1. The van der Waals surface area contributed by atoms with Crippen LogP contribution in [0.15, 0.2) is 0 Å². The summed E-state index contributed by atoms with van der Waals surface area (Å²) in [4.78, 5) is 0. The highest BCUT2D eigenvalue weighted by atomic mass is 28.3. The highest BCUT2D eigenvalue weighted by Crippen LogP contribution is 2.17. The Morgan fingerprint density at radius 1 is 0.800 bits per heavy atom. The van der Waals surface area contributed by atoms with Gasteiger partial charge in [-0.1, -0.05) is 65.0 Å². The number of rotatable bonds is 9. The van der Waals surface area contributed by atoms with Gasteiger partial charge in [0.05, 0.1) is 0 Å². The van der Waals surface area contributed by atoms with Crippen molar-refractivity contribution in [2.75, 3.05) is 14.1 Å². The van der Waals surface area contributed by atoms with Crippen LogP contribution in [0.4, 0.5) is 0 Å². The third-order valence-corrected chi connectivity index (χ3v) is 7.60. The summed E-state index contributed by atoms with van der Waals surface area (Å²) in [6, 6.07) is 1.47. The van der Waals surface area contributed by atoms with Gasteiger partial charge in [-0.25, -0.2) is 0 Å². The molecule has 92 valence electrons. The third-order valence-electron chi connectivity index (χ3n) is 3.60. The van der Waals surface area contributed by atoms with E-state index in [-0.39, 0.29) is 0 Å². The van der Waals surface area contributed by atoms with Crippen LogP contribution >= 0.6 is 0 Å². The van der Waals surface area contributed by atoms with E-state index in [1.165, 1.54) is 51.0 Å². The van der Waals surface area contributed by atoms with Gasteiger partial charge in [0.25, 0.3) is 0 Å². The highest BCUT2D eigenvalue weighted by Gasteiger charge is 2.22. The van der Waals surface area contributed by atoms with Crippen molar-refractivity contribution in [2.45, 2.75) is 71.0 Å². The lowest BCUT2D eigenvalue weighted by molar-refractivity contribution is 0.581. The Kier molecular flexibility index (Phi) is 8.44. The highest BCUT2D eigenvalue weighted by molar-refractivity contribution is 6.74.